The maximum Gasteiger partial charge on any atom is 0.313 e. The van der Waals surface area contributed by atoms with Crippen LogP contribution in [0.5, 0.6) is 0 Å². The quantitative estimate of drug-likeness (QED) is 0.197. The molecule has 2 bridgehead atoms. The summed E-state index contributed by atoms with van der Waals surface area (Å²) in [6.07, 6.45) is 9.93. The van der Waals surface area contributed by atoms with Crippen LogP contribution in [0.15, 0.2) is 25.3 Å². The normalized spacial score (nSPS) is 30.4. The minimum absolute atomic E-state index is 0.0735. The van der Waals surface area contributed by atoms with Crippen molar-refractivity contribution >= 4 is 17.8 Å². The van der Waals surface area contributed by atoms with E-state index in [2.05, 4.69) is 20.1 Å². The molecule has 3 rings (SSSR count). The van der Waals surface area contributed by atoms with Gasteiger partial charge in [0, 0.05) is 26.2 Å². The fourth-order valence-electron chi connectivity index (χ4n) is 6.54. The number of carbonyl (C=O) groups excluding carboxylic acids is 3. The van der Waals surface area contributed by atoms with Gasteiger partial charge in [0.15, 0.2) is 0 Å². The fourth-order valence-corrected chi connectivity index (χ4v) is 6.54. The number of ether oxygens (including phenoxy) is 2. The van der Waals surface area contributed by atoms with Gasteiger partial charge < -0.3 is 24.4 Å². The van der Waals surface area contributed by atoms with Crippen LogP contribution in [-0.4, -0.2) is 82.8 Å². The first-order chi connectivity index (χ1) is 17.4. The number of likely N-dealkylation sites (tertiary alicyclic amines) is 1. The molecule has 2 unspecified atom stereocenters. The molecule has 0 saturated carbocycles. The van der Waals surface area contributed by atoms with Gasteiger partial charge in [-0.1, -0.05) is 51.8 Å². The second-order valence-electron chi connectivity index (χ2n) is 10.3. The summed E-state index contributed by atoms with van der Waals surface area (Å²) in [4.78, 5) is 44.9. The van der Waals surface area contributed by atoms with Gasteiger partial charge in [-0.25, -0.2) is 0 Å². The predicted octanol–water partition coefficient (Wildman–Crippen LogP) is 3.24. The van der Waals surface area contributed by atoms with Gasteiger partial charge in [0.25, 0.3) is 0 Å². The highest BCUT2D eigenvalue weighted by Crippen LogP contribution is 2.64. The van der Waals surface area contributed by atoms with E-state index >= 15 is 0 Å². The lowest BCUT2D eigenvalue weighted by Gasteiger charge is -2.37. The van der Waals surface area contributed by atoms with Crippen molar-refractivity contribution in [2.24, 2.45) is 11.8 Å². The number of hydrogen-bond acceptors (Lipinski definition) is 6. The lowest BCUT2D eigenvalue weighted by molar-refractivity contribution is -0.161. The first-order valence-corrected chi connectivity index (χ1v) is 13.7. The molecule has 1 spiro atoms. The number of esters is 1. The zero-order valence-corrected chi connectivity index (χ0v) is 22.1. The van der Waals surface area contributed by atoms with Gasteiger partial charge in [0.05, 0.1) is 11.5 Å². The van der Waals surface area contributed by atoms with Crippen LogP contribution >= 0.6 is 0 Å². The minimum Gasteiger partial charge on any atom is -0.461 e. The van der Waals surface area contributed by atoms with Crippen molar-refractivity contribution in [2.75, 3.05) is 32.8 Å². The highest BCUT2D eigenvalue weighted by atomic mass is 16.6. The summed E-state index contributed by atoms with van der Waals surface area (Å²) in [5.74, 6) is -2.21. The van der Waals surface area contributed by atoms with E-state index < -0.39 is 35.0 Å². The number of rotatable bonds is 16. The second-order valence-corrected chi connectivity index (χ2v) is 10.3. The van der Waals surface area contributed by atoms with Gasteiger partial charge in [0.1, 0.15) is 24.2 Å². The zero-order valence-electron chi connectivity index (χ0n) is 22.1. The lowest BCUT2D eigenvalue weighted by atomic mass is 9.65. The third-order valence-corrected chi connectivity index (χ3v) is 8.26. The molecule has 2 amide bonds. The average molecular weight is 505 g/mol. The summed E-state index contributed by atoms with van der Waals surface area (Å²) in [6.45, 7) is 13.1. The largest absolute Gasteiger partial charge is 0.461 e. The number of hydrogen-bond donors (Lipinski definition) is 1. The molecule has 0 aromatic carbocycles. The zero-order chi connectivity index (χ0) is 26.3. The maximum atomic E-state index is 14.1. The molecule has 0 radical (unpaired) electrons. The molecule has 3 aliphatic heterocycles. The number of aliphatic hydroxyl groups excluding tert-OH is 1. The lowest BCUT2D eigenvalue weighted by Crippen LogP contribution is -2.56. The molecule has 5 atom stereocenters. The first kappa shape index (κ1) is 28.4. The van der Waals surface area contributed by atoms with Gasteiger partial charge in [-0.15, -0.1) is 6.58 Å². The van der Waals surface area contributed by atoms with Crippen LogP contribution < -0.4 is 0 Å². The van der Waals surface area contributed by atoms with Crippen LogP contribution in [0.4, 0.5) is 0 Å². The summed E-state index contributed by atoms with van der Waals surface area (Å²) in [5.41, 5.74) is -1.82. The number of unbranched alkanes of at least 4 members (excludes halogenated alkanes) is 4. The monoisotopic (exact) mass is 504 g/mol. The molecule has 0 aromatic heterocycles. The van der Waals surface area contributed by atoms with E-state index in [1.807, 2.05) is 6.92 Å². The molecular weight excluding hydrogens is 460 g/mol. The Kier molecular flexibility index (Phi) is 9.75. The van der Waals surface area contributed by atoms with E-state index in [0.717, 1.165) is 32.1 Å². The fraction of sp³-hybridized carbons (Fsp3) is 0.750. The number of nitrogens with zero attached hydrogens (tertiary/aromatic N) is 2. The Labute approximate surface area is 215 Å². The van der Waals surface area contributed by atoms with Gasteiger partial charge in [0.2, 0.25) is 11.8 Å². The molecule has 3 saturated heterocycles. The standard InChI is InChI=1S/C28H44N2O6/c1-5-9-17-29(16-6-2)25(33)23-28-15-14-27(8-4,36-28)22(26(34)35-20-7-3)21(28)24(32)30(23)18-12-10-11-13-19-31/h6-7,21-23,31H,2-3,5,8-20H2,1,4H3/t21-,22-,23?,27+,28?/m0/s1. The Bertz CT molecular complexity index is 831. The summed E-state index contributed by atoms with van der Waals surface area (Å²) < 4.78 is 12.2. The Morgan fingerprint density at radius 3 is 2.56 bits per heavy atom. The Hall–Kier alpha value is -2.19. The highest BCUT2D eigenvalue weighted by Gasteiger charge is 2.79. The summed E-state index contributed by atoms with van der Waals surface area (Å²) in [6, 6.07) is -0.768. The van der Waals surface area contributed by atoms with Crippen molar-refractivity contribution in [1.29, 1.82) is 0 Å². The van der Waals surface area contributed by atoms with E-state index in [4.69, 9.17) is 14.6 Å². The van der Waals surface area contributed by atoms with Crippen LogP contribution in [0.2, 0.25) is 0 Å². The van der Waals surface area contributed by atoms with Crippen LogP contribution in [0.1, 0.15) is 71.6 Å². The molecule has 3 aliphatic rings. The van der Waals surface area contributed by atoms with Crippen LogP contribution in [-0.2, 0) is 23.9 Å². The van der Waals surface area contributed by atoms with E-state index in [1.165, 1.54) is 6.08 Å². The first-order valence-electron chi connectivity index (χ1n) is 13.7. The van der Waals surface area contributed by atoms with E-state index in [1.54, 1.807) is 15.9 Å². The van der Waals surface area contributed by atoms with E-state index in [-0.39, 0.29) is 25.0 Å². The molecule has 3 fully saturated rings. The predicted molar refractivity (Wildman–Crippen MR) is 137 cm³/mol. The van der Waals surface area contributed by atoms with Crippen molar-refractivity contribution in [3.05, 3.63) is 25.3 Å². The number of carbonyl (C=O) groups is 3. The molecular formula is C28H44N2O6. The average Bonchev–Trinajstić information content (AvgIpc) is 3.48. The second kappa shape index (κ2) is 12.4. The molecule has 202 valence electrons. The van der Waals surface area contributed by atoms with Crippen molar-refractivity contribution < 1.29 is 29.0 Å². The van der Waals surface area contributed by atoms with Gasteiger partial charge in [-0.2, -0.15) is 0 Å². The number of aliphatic hydroxyl groups is 1. The molecule has 0 aromatic rings. The Morgan fingerprint density at radius 2 is 1.92 bits per heavy atom. The molecule has 36 heavy (non-hydrogen) atoms. The molecule has 1 N–H and O–H groups in total. The Balaban J connectivity index is 1.98. The van der Waals surface area contributed by atoms with Crippen molar-refractivity contribution in [3.63, 3.8) is 0 Å². The summed E-state index contributed by atoms with van der Waals surface area (Å²) in [5, 5.41) is 9.10. The summed E-state index contributed by atoms with van der Waals surface area (Å²) in [7, 11) is 0. The van der Waals surface area contributed by atoms with E-state index in [9.17, 15) is 14.4 Å². The Morgan fingerprint density at radius 1 is 1.17 bits per heavy atom. The van der Waals surface area contributed by atoms with Crippen LogP contribution in [0.3, 0.4) is 0 Å². The van der Waals surface area contributed by atoms with Crippen molar-refractivity contribution in [3.8, 4) is 0 Å². The van der Waals surface area contributed by atoms with Gasteiger partial charge in [-0.05, 0) is 38.5 Å². The van der Waals surface area contributed by atoms with Crippen LogP contribution in [0.25, 0.3) is 0 Å². The molecule has 3 heterocycles. The SMILES string of the molecule is C=CCOC(=O)[C@@H]1[C@H]2C(=O)N(CCCCCCO)C(C(=O)N(CC=C)CCCC)C23CC[C@@]1(CC)O3. The maximum absolute atomic E-state index is 14.1. The minimum atomic E-state index is -1.03. The molecule has 0 aliphatic carbocycles. The third-order valence-electron chi connectivity index (χ3n) is 8.26. The van der Waals surface area contributed by atoms with Crippen molar-refractivity contribution in [1.82, 2.24) is 9.80 Å². The van der Waals surface area contributed by atoms with Crippen LogP contribution in [0, 0.1) is 11.8 Å². The topological polar surface area (TPSA) is 96.4 Å². The number of fused-ring (bicyclic) bond motifs is 1. The highest BCUT2D eigenvalue weighted by molar-refractivity contribution is 5.98. The van der Waals surface area contributed by atoms with E-state index in [0.29, 0.717) is 45.3 Å². The molecule has 8 heteroatoms. The smallest absolute Gasteiger partial charge is 0.313 e. The van der Waals surface area contributed by atoms with Gasteiger partial charge >= 0.3 is 5.97 Å². The number of amides is 2. The summed E-state index contributed by atoms with van der Waals surface area (Å²) >= 11 is 0. The third kappa shape index (κ3) is 4.99. The molecule has 8 nitrogen and oxygen atoms in total. The van der Waals surface area contributed by atoms with Gasteiger partial charge in [-0.3, -0.25) is 14.4 Å². The van der Waals surface area contributed by atoms with Crippen molar-refractivity contribution in [2.45, 2.75) is 88.9 Å².